The molecular formula is C21H24FNO2. The lowest BCUT2D eigenvalue weighted by Gasteiger charge is -2.37. The maximum atomic E-state index is 14.7. The summed E-state index contributed by atoms with van der Waals surface area (Å²) < 4.78 is 26.0. The summed E-state index contributed by atoms with van der Waals surface area (Å²) in [6.45, 7) is 1.07. The third-order valence-corrected chi connectivity index (χ3v) is 5.84. The fourth-order valence-corrected chi connectivity index (χ4v) is 4.89. The Morgan fingerprint density at radius 1 is 1.04 bits per heavy atom. The highest BCUT2D eigenvalue weighted by Crippen LogP contribution is 2.58. The lowest BCUT2D eigenvalue weighted by atomic mass is 9.79. The quantitative estimate of drug-likeness (QED) is 0.827. The number of fused-ring (bicyclic) bond motifs is 3. The second-order valence-electron chi connectivity index (χ2n) is 7.03. The van der Waals surface area contributed by atoms with Crippen molar-refractivity contribution in [2.75, 3.05) is 27.8 Å². The number of hydrogen-bond acceptors (Lipinski definition) is 3. The van der Waals surface area contributed by atoms with E-state index in [4.69, 9.17) is 9.47 Å². The van der Waals surface area contributed by atoms with Gasteiger partial charge >= 0.3 is 0 Å². The minimum Gasteiger partial charge on any atom is -0.493 e. The van der Waals surface area contributed by atoms with E-state index in [-0.39, 0.29) is 11.7 Å². The molecule has 1 aliphatic heterocycles. The first kappa shape index (κ1) is 16.4. The molecule has 0 saturated carbocycles. The summed E-state index contributed by atoms with van der Waals surface area (Å²) >= 11 is 0. The van der Waals surface area contributed by atoms with Gasteiger partial charge in [0.15, 0.2) is 11.5 Å². The van der Waals surface area contributed by atoms with Crippen LogP contribution >= 0.6 is 0 Å². The molecule has 1 saturated heterocycles. The van der Waals surface area contributed by atoms with Crippen molar-refractivity contribution in [1.29, 1.82) is 0 Å². The van der Waals surface area contributed by atoms with Crippen LogP contribution in [0.2, 0.25) is 0 Å². The average molecular weight is 341 g/mol. The first-order valence-corrected chi connectivity index (χ1v) is 8.86. The number of rotatable bonds is 3. The molecule has 0 N–H and O–H groups in total. The van der Waals surface area contributed by atoms with Crippen LogP contribution < -0.4 is 9.47 Å². The molecule has 1 fully saturated rings. The Labute approximate surface area is 148 Å². The lowest BCUT2D eigenvalue weighted by Crippen LogP contribution is -2.35. The molecule has 0 bridgehead atoms. The van der Waals surface area contributed by atoms with Gasteiger partial charge in [0.25, 0.3) is 0 Å². The predicted molar refractivity (Wildman–Crippen MR) is 95.9 cm³/mol. The lowest BCUT2D eigenvalue weighted by molar-refractivity contribution is 0.126. The van der Waals surface area contributed by atoms with Crippen LogP contribution in [-0.4, -0.2) is 32.7 Å². The van der Waals surface area contributed by atoms with E-state index in [0.29, 0.717) is 17.7 Å². The van der Waals surface area contributed by atoms with Gasteiger partial charge in [0.1, 0.15) is 5.82 Å². The van der Waals surface area contributed by atoms with Gasteiger partial charge in [0, 0.05) is 17.5 Å². The molecule has 3 atom stereocenters. The summed E-state index contributed by atoms with van der Waals surface area (Å²) in [5.74, 6) is 1.66. The van der Waals surface area contributed by atoms with Crippen LogP contribution in [0.25, 0.3) is 0 Å². The fourth-order valence-electron chi connectivity index (χ4n) is 4.89. The van der Waals surface area contributed by atoms with Crippen molar-refractivity contribution in [1.82, 2.24) is 4.90 Å². The van der Waals surface area contributed by atoms with E-state index in [9.17, 15) is 4.39 Å². The molecule has 4 rings (SSSR count). The number of halogens is 1. The molecule has 3 nitrogen and oxygen atoms in total. The molecule has 3 unspecified atom stereocenters. The molecule has 2 aromatic rings. The summed E-state index contributed by atoms with van der Waals surface area (Å²) in [5, 5.41) is 0. The number of methoxy groups -OCH3 is 2. The molecule has 4 heteroatoms. The van der Waals surface area contributed by atoms with Gasteiger partial charge in [-0.15, -0.1) is 0 Å². The topological polar surface area (TPSA) is 21.7 Å². The molecular weight excluding hydrogens is 317 g/mol. The second kappa shape index (κ2) is 6.34. The van der Waals surface area contributed by atoms with E-state index in [1.807, 2.05) is 18.2 Å². The van der Waals surface area contributed by atoms with Crippen LogP contribution in [0.1, 0.15) is 41.5 Å². The first-order chi connectivity index (χ1) is 12.2. The van der Waals surface area contributed by atoms with Crippen LogP contribution in [0.15, 0.2) is 36.4 Å². The molecule has 1 aliphatic carbocycles. The van der Waals surface area contributed by atoms with Crippen LogP contribution in [0.3, 0.4) is 0 Å². The zero-order valence-electron chi connectivity index (χ0n) is 15.0. The summed E-state index contributed by atoms with van der Waals surface area (Å²) in [7, 11) is 5.49. The largest absolute Gasteiger partial charge is 0.493 e. The van der Waals surface area contributed by atoms with Gasteiger partial charge in [-0.25, -0.2) is 4.39 Å². The molecule has 1 heterocycles. The normalized spacial score (nSPS) is 25.4. The molecule has 2 aliphatic rings. The summed E-state index contributed by atoms with van der Waals surface area (Å²) in [6, 6.07) is 11.6. The average Bonchev–Trinajstić information content (AvgIpc) is 2.96. The predicted octanol–water partition coefficient (Wildman–Crippen LogP) is 4.37. The monoisotopic (exact) mass is 341 g/mol. The van der Waals surface area contributed by atoms with Crippen LogP contribution in [0.5, 0.6) is 11.5 Å². The summed E-state index contributed by atoms with van der Waals surface area (Å²) in [5.41, 5.74) is 3.10. The maximum absolute atomic E-state index is 14.7. The van der Waals surface area contributed by atoms with Crippen LogP contribution in [-0.2, 0) is 0 Å². The van der Waals surface area contributed by atoms with Crippen molar-refractivity contribution in [3.63, 3.8) is 0 Å². The minimum atomic E-state index is -0.141. The summed E-state index contributed by atoms with van der Waals surface area (Å²) in [4.78, 5) is 2.40. The molecule has 25 heavy (non-hydrogen) atoms. The maximum Gasteiger partial charge on any atom is 0.164 e. The van der Waals surface area contributed by atoms with Gasteiger partial charge in [0.2, 0.25) is 0 Å². The van der Waals surface area contributed by atoms with Crippen molar-refractivity contribution < 1.29 is 13.9 Å². The van der Waals surface area contributed by atoms with Gasteiger partial charge in [-0.3, -0.25) is 4.90 Å². The highest BCUT2D eigenvalue weighted by molar-refractivity contribution is 5.59. The number of piperidine rings is 1. The van der Waals surface area contributed by atoms with Gasteiger partial charge in [-0.1, -0.05) is 24.3 Å². The van der Waals surface area contributed by atoms with Gasteiger partial charge in [0.05, 0.1) is 14.2 Å². The van der Waals surface area contributed by atoms with E-state index in [1.165, 1.54) is 5.56 Å². The standard InChI is InChI=1S/C21H24FNO2/c1-23-12-6-8-14-18(13-7-4-5-9-16(13)22)19-15(20(14)23)10-11-17(24-2)21(19)25-3/h4-5,7,9-11,14,18,20H,6,8,12H2,1-3H3. The molecule has 2 aromatic carbocycles. The first-order valence-electron chi connectivity index (χ1n) is 8.86. The van der Waals surface area contributed by atoms with E-state index >= 15 is 0 Å². The van der Waals surface area contributed by atoms with Crippen molar-refractivity contribution in [3.05, 3.63) is 58.9 Å². The zero-order chi connectivity index (χ0) is 17.6. The van der Waals surface area contributed by atoms with E-state index < -0.39 is 0 Å². The fraction of sp³-hybridized carbons (Fsp3) is 0.429. The van der Waals surface area contributed by atoms with E-state index in [2.05, 4.69) is 18.0 Å². The Morgan fingerprint density at radius 3 is 2.56 bits per heavy atom. The number of ether oxygens (including phenoxy) is 2. The van der Waals surface area contributed by atoms with Crippen LogP contribution in [0.4, 0.5) is 4.39 Å². The molecule has 0 amide bonds. The third kappa shape index (κ3) is 2.43. The molecule has 132 valence electrons. The SMILES string of the molecule is COc1ccc2c(c1OC)C(c1ccccc1F)C1CCCN(C)C21. The van der Waals surface area contributed by atoms with Gasteiger partial charge in [-0.2, -0.15) is 0 Å². The van der Waals surface area contributed by atoms with Crippen molar-refractivity contribution in [2.45, 2.75) is 24.8 Å². The van der Waals surface area contributed by atoms with Gasteiger partial charge in [-0.05, 0) is 55.6 Å². The highest BCUT2D eigenvalue weighted by Gasteiger charge is 2.47. The molecule has 0 spiro atoms. The Balaban J connectivity index is 1.97. The molecule has 0 radical (unpaired) electrons. The summed E-state index contributed by atoms with van der Waals surface area (Å²) in [6.07, 6.45) is 2.23. The van der Waals surface area contributed by atoms with Crippen LogP contribution in [0, 0.1) is 11.7 Å². The van der Waals surface area contributed by atoms with E-state index in [0.717, 1.165) is 36.3 Å². The minimum absolute atomic E-state index is 0.00556. The van der Waals surface area contributed by atoms with E-state index in [1.54, 1.807) is 26.4 Å². The Kier molecular flexibility index (Phi) is 4.16. The molecule has 0 aromatic heterocycles. The highest BCUT2D eigenvalue weighted by atomic mass is 19.1. The Bertz CT molecular complexity index is 791. The zero-order valence-corrected chi connectivity index (χ0v) is 15.0. The van der Waals surface area contributed by atoms with Gasteiger partial charge < -0.3 is 9.47 Å². The Morgan fingerprint density at radius 2 is 1.84 bits per heavy atom. The Hall–Kier alpha value is -2.07. The number of hydrogen-bond donors (Lipinski definition) is 0. The smallest absolute Gasteiger partial charge is 0.164 e. The van der Waals surface area contributed by atoms with Crippen molar-refractivity contribution in [3.8, 4) is 11.5 Å². The van der Waals surface area contributed by atoms with Crippen molar-refractivity contribution >= 4 is 0 Å². The second-order valence-corrected chi connectivity index (χ2v) is 7.03. The number of likely N-dealkylation sites (tertiary alicyclic amines) is 1. The third-order valence-electron chi connectivity index (χ3n) is 5.84. The number of nitrogens with zero attached hydrogens (tertiary/aromatic N) is 1. The van der Waals surface area contributed by atoms with Crippen molar-refractivity contribution in [2.24, 2.45) is 5.92 Å². The number of benzene rings is 2.